The molecule has 0 aromatic heterocycles. The van der Waals surface area contributed by atoms with Gasteiger partial charge in [-0.2, -0.15) is 0 Å². The first-order chi connectivity index (χ1) is 27.5. The van der Waals surface area contributed by atoms with Crippen molar-refractivity contribution in [1.29, 1.82) is 0 Å². The van der Waals surface area contributed by atoms with Gasteiger partial charge in [0.25, 0.3) is 6.71 Å². The van der Waals surface area contributed by atoms with E-state index in [1.807, 2.05) is 0 Å². The number of benzene rings is 8. The summed E-state index contributed by atoms with van der Waals surface area (Å²) < 4.78 is 0. The van der Waals surface area contributed by atoms with Gasteiger partial charge in [-0.25, -0.2) is 0 Å². The largest absolute Gasteiger partial charge is 0.311 e. The summed E-state index contributed by atoms with van der Waals surface area (Å²) in [5.41, 5.74) is 21.1. The van der Waals surface area contributed by atoms with E-state index in [9.17, 15) is 0 Å². The van der Waals surface area contributed by atoms with Crippen LogP contribution in [0.1, 0.15) is 30.5 Å². The normalized spacial score (nSPS) is 14.0. The predicted octanol–water partition coefficient (Wildman–Crippen LogP) is 11.9. The molecule has 1 aliphatic carbocycles. The predicted molar refractivity (Wildman–Crippen MR) is 237 cm³/mol. The van der Waals surface area contributed by atoms with Gasteiger partial charge in [-0.15, -0.1) is 0 Å². The van der Waals surface area contributed by atoms with Gasteiger partial charge in [0.1, 0.15) is 0 Å². The first-order valence-electron chi connectivity index (χ1n) is 19.6. The summed E-state index contributed by atoms with van der Waals surface area (Å²) in [6.07, 6.45) is 0. The Kier molecular flexibility index (Phi) is 7.21. The van der Waals surface area contributed by atoms with Gasteiger partial charge < -0.3 is 14.7 Å². The van der Waals surface area contributed by atoms with E-state index in [-0.39, 0.29) is 12.1 Å². The van der Waals surface area contributed by atoms with Gasteiger partial charge >= 0.3 is 0 Å². The fourth-order valence-corrected chi connectivity index (χ4v) is 9.77. The van der Waals surface area contributed by atoms with Crippen molar-refractivity contribution in [3.05, 3.63) is 205 Å². The van der Waals surface area contributed by atoms with Gasteiger partial charge in [-0.1, -0.05) is 123 Å². The molecule has 8 aromatic rings. The molecule has 2 heterocycles. The van der Waals surface area contributed by atoms with Crippen LogP contribution in [0.5, 0.6) is 0 Å². The van der Waals surface area contributed by atoms with E-state index in [4.69, 9.17) is 0 Å². The molecule has 4 heteroatoms. The van der Waals surface area contributed by atoms with Crippen LogP contribution in [0.2, 0.25) is 0 Å². The van der Waals surface area contributed by atoms with Gasteiger partial charge in [-0.3, -0.25) is 0 Å². The first kappa shape index (κ1) is 32.6. The Morgan fingerprint density at radius 3 is 1.71 bits per heavy atom. The average Bonchev–Trinajstić information content (AvgIpc) is 3.47. The average molecular weight is 718 g/mol. The van der Waals surface area contributed by atoms with Crippen molar-refractivity contribution in [3.8, 4) is 11.1 Å². The standard InChI is InChI=1S/C52H40BN3/c1-35-31-49-51-50(32-35)56(39-27-29-42-41-23-13-14-24-43(41)52(2,3)44(42)33-39)48-34-40(54(36-17-7-4-8-18-36)37-19-9-5-10-20-37)28-30-46(48)53(51)45-25-15-16-26-47(45)55(49)38-21-11-6-12-22-38/h4-34H,1-3H3. The third-order valence-electron chi connectivity index (χ3n) is 12.2. The minimum atomic E-state index is -0.128. The lowest BCUT2D eigenvalue weighted by Gasteiger charge is -2.44. The molecule has 2 aliphatic heterocycles. The van der Waals surface area contributed by atoms with E-state index in [2.05, 4.69) is 224 Å². The van der Waals surface area contributed by atoms with Gasteiger partial charge in [0.05, 0.1) is 0 Å². The zero-order valence-electron chi connectivity index (χ0n) is 31.8. The number of hydrogen-bond acceptors (Lipinski definition) is 3. The summed E-state index contributed by atoms with van der Waals surface area (Å²) in [6.45, 7) is 7.05. The second kappa shape index (κ2) is 12.4. The fraction of sp³-hybridized carbons (Fsp3) is 0.0769. The second-order valence-corrected chi connectivity index (χ2v) is 15.9. The Balaban J connectivity index is 1.20. The molecule has 0 amide bonds. The van der Waals surface area contributed by atoms with E-state index in [1.54, 1.807) is 0 Å². The molecule has 11 rings (SSSR count). The molecule has 8 aromatic carbocycles. The fourth-order valence-electron chi connectivity index (χ4n) is 9.77. The molecule has 0 atom stereocenters. The highest BCUT2D eigenvalue weighted by molar-refractivity contribution is 7.00. The molecule has 0 saturated carbocycles. The summed E-state index contributed by atoms with van der Waals surface area (Å²) in [6, 6.07) is 69.4. The number of rotatable bonds is 5. The Hall–Kier alpha value is -6.78. The highest BCUT2D eigenvalue weighted by Gasteiger charge is 2.44. The van der Waals surface area contributed by atoms with Crippen LogP contribution in [0, 0.1) is 6.92 Å². The van der Waals surface area contributed by atoms with Crippen molar-refractivity contribution in [2.75, 3.05) is 14.7 Å². The van der Waals surface area contributed by atoms with Gasteiger partial charge in [0.2, 0.25) is 0 Å². The van der Waals surface area contributed by atoms with Crippen molar-refractivity contribution in [1.82, 2.24) is 0 Å². The summed E-state index contributed by atoms with van der Waals surface area (Å²) >= 11 is 0. The molecular weight excluding hydrogens is 677 g/mol. The number of aryl methyl sites for hydroxylation is 1. The number of nitrogens with zero attached hydrogens (tertiary/aromatic N) is 3. The Morgan fingerprint density at radius 1 is 0.429 bits per heavy atom. The van der Waals surface area contributed by atoms with Crippen LogP contribution in [0.3, 0.4) is 0 Å². The van der Waals surface area contributed by atoms with Crippen molar-refractivity contribution in [2.45, 2.75) is 26.2 Å². The minimum Gasteiger partial charge on any atom is -0.311 e. The lowest BCUT2D eigenvalue weighted by molar-refractivity contribution is 0.660. The Morgan fingerprint density at radius 2 is 1.00 bits per heavy atom. The molecule has 0 spiro atoms. The quantitative estimate of drug-likeness (QED) is 0.164. The lowest BCUT2D eigenvalue weighted by Crippen LogP contribution is -2.61. The van der Waals surface area contributed by atoms with E-state index in [1.165, 1.54) is 72.6 Å². The van der Waals surface area contributed by atoms with Crippen molar-refractivity contribution in [3.63, 3.8) is 0 Å². The Labute approximate surface area is 329 Å². The smallest absolute Gasteiger partial charge is 0.252 e. The van der Waals surface area contributed by atoms with Crippen molar-refractivity contribution >= 4 is 74.3 Å². The third kappa shape index (κ3) is 4.78. The van der Waals surface area contributed by atoms with E-state index < -0.39 is 0 Å². The van der Waals surface area contributed by atoms with Crippen LogP contribution >= 0.6 is 0 Å². The molecule has 0 fully saturated rings. The number of anilines is 9. The maximum atomic E-state index is 2.56. The molecule has 3 nitrogen and oxygen atoms in total. The summed E-state index contributed by atoms with van der Waals surface area (Å²) in [5, 5.41) is 0. The van der Waals surface area contributed by atoms with Crippen LogP contribution in [0.15, 0.2) is 188 Å². The SMILES string of the molecule is Cc1cc2c3c(c1)N(c1ccc4c(c1)C(C)(C)c1ccccc1-4)c1cc(N(c4ccccc4)c4ccccc4)ccc1B3c1ccccc1N2c1ccccc1. The maximum absolute atomic E-state index is 2.56. The number of fused-ring (bicyclic) bond motifs is 7. The molecule has 0 bridgehead atoms. The van der Waals surface area contributed by atoms with E-state index >= 15 is 0 Å². The summed E-state index contributed by atoms with van der Waals surface area (Å²) in [5.74, 6) is 0. The molecule has 0 unspecified atom stereocenters. The monoisotopic (exact) mass is 717 g/mol. The molecule has 56 heavy (non-hydrogen) atoms. The van der Waals surface area contributed by atoms with E-state index in [0.717, 1.165) is 22.7 Å². The van der Waals surface area contributed by atoms with Crippen LogP contribution in [0.25, 0.3) is 11.1 Å². The topological polar surface area (TPSA) is 9.72 Å². The molecular formula is C52H40BN3. The number of para-hydroxylation sites is 4. The molecule has 0 radical (unpaired) electrons. The van der Waals surface area contributed by atoms with Crippen LogP contribution in [-0.4, -0.2) is 6.71 Å². The third-order valence-corrected chi connectivity index (χ3v) is 12.2. The Bertz CT molecular complexity index is 2770. The van der Waals surface area contributed by atoms with Crippen LogP contribution in [-0.2, 0) is 5.41 Å². The summed E-state index contributed by atoms with van der Waals surface area (Å²) in [4.78, 5) is 7.42. The van der Waals surface area contributed by atoms with Gasteiger partial charge in [-0.05, 0) is 130 Å². The molecule has 266 valence electrons. The molecule has 0 saturated heterocycles. The number of hydrogen-bond donors (Lipinski definition) is 0. The van der Waals surface area contributed by atoms with Gasteiger partial charge in [0.15, 0.2) is 0 Å². The van der Waals surface area contributed by atoms with Crippen LogP contribution < -0.4 is 31.1 Å². The maximum Gasteiger partial charge on any atom is 0.252 e. The molecule has 3 aliphatic rings. The molecule has 0 N–H and O–H groups in total. The minimum absolute atomic E-state index is 0.0501. The van der Waals surface area contributed by atoms with Crippen LogP contribution in [0.4, 0.5) is 51.2 Å². The highest BCUT2D eigenvalue weighted by Crippen LogP contribution is 2.52. The zero-order valence-corrected chi connectivity index (χ0v) is 31.8. The highest BCUT2D eigenvalue weighted by atomic mass is 15.2. The first-order valence-corrected chi connectivity index (χ1v) is 19.6. The van der Waals surface area contributed by atoms with Gasteiger partial charge in [0, 0.05) is 56.6 Å². The van der Waals surface area contributed by atoms with E-state index in [0.29, 0.717) is 0 Å². The summed E-state index contributed by atoms with van der Waals surface area (Å²) in [7, 11) is 0. The van der Waals surface area contributed by atoms with Crippen molar-refractivity contribution in [2.24, 2.45) is 0 Å². The second-order valence-electron chi connectivity index (χ2n) is 15.9. The zero-order chi connectivity index (χ0) is 37.5. The van der Waals surface area contributed by atoms with Crippen molar-refractivity contribution < 1.29 is 0 Å². The lowest BCUT2D eigenvalue weighted by atomic mass is 9.33.